The Labute approximate surface area is 96.1 Å². The normalized spacial score (nSPS) is 10.6. The topological polar surface area (TPSA) is 115 Å². The molecule has 1 rings (SSSR count). The molecule has 0 fully saturated rings. The van der Waals surface area contributed by atoms with Crippen molar-refractivity contribution >= 4 is 18.0 Å². The summed E-state index contributed by atoms with van der Waals surface area (Å²) in [5, 5.41) is 35.8. The molecule has 0 spiro atoms. The molecular formula is C11H10O6. The van der Waals surface area contributed by atoms with E-state index in [0.29, 0.717) is 0 Å². The number of aliphatic carboxylic acids is 2. The number of carboxylic acids is 2. The Kier molecular flexibility index (Phi) is 3.71. The Bertz CT molecular complexity index is 489. The zero-order valence-corrected chi connectivity index (χ0v) is 8.62. The average Bonchev–Trinajstić information content (AvgIpc) is 2.23. The molecule has 0 saturated carbocycles. The molecule has 0 aliphatic carbocycles. The summed E-state index contributed by atoms with van der Waals surface area (Å²) in [5.74, 6) is -3.40. The van der Waals surface area contributed by atoms with Crippen LogP contribution in [0.2, 0.25) is 0 Å². The summed E-state index contributed by atoms with van der Waals surface area (Å²) >= 11 is 0. The van der Waals surface area contributed by atoms with Crippen molar-refractivity contribution in [3.05, 3.63) is 29.3 Å². The molecule has 0 aromatic heterocycles. The van der Waals surface area contributed by atoms with Crippen LogP contribution in [-0.4, -0.2) is 32.4 Å². The van der Waals surface area contributed by atoms with Crippen molar-refractivity contribution in [1.29, 1.82) is 0 Å². The summed E-state index contributed by atoms with van der Waals surface area (Å²) in [6, 6.07) is 2.48. The van der Waals surface area contributed by atoms with E-state index in [0.717, 1.165) is 18.2 Å². The maximum absolute atomic E-state index is 10.6. The highest BCUT2D eigenvalue weighted by Crippen LogP contribution is 2.32. The fraction of sp³-hybridized carbons (Fsp3) is 0.0909. The highest BCUT2D eigenvalue weighted by atomic mass is 16.4. The van der Waals surface area contributed by atoms with Crippen LogP contribution in [0.1, 0.15) is 11.1 Å². The largest absolute Gasteiger partial charge is 0.504 e. The smallest absolute Gasteiger partial charge is 0.328 e. The van der Waals surface area contributed by atoms with E-state index in [-0.39, 0.29) is 11.1 Å². The van der Waals surface area contributed by atoms with Crippen LogP contribution in [0.4, 0.5) is 0 Å². The summed E-state index contributed by atoms with van der Waals surface area (Å²) in [6.45, 7) is 0. The van der Waals surface area contributed by atoms with Crippen LogP contribution in [0.15, 0.2) is 18.2 Å². The minimum absolute atomic E-state index is 0.0324. The van der Waals surface area contributed by atoms with E-state index >= 15 is 0 Å². The first kappa shape index (κ1) is 12.6. The van der Waals surface area contributed by atoms with Crippen LogP contribution in [0.25, 0.3) is 6.08 Å². The van der Waals surface area contributed by atoms with E-state index in [9.17, 15) is 19.8 Å². The maximum atomic E-state index is 10.6. The number of aromatic hydroxyl groups is 2. The fourth-order valence-electron chi connectivity index (χ4n) is 1.29. The monoisotopic (exact) mass is 238 g/mol. The van der Waals surface area contributed by atoms with Crippen LogP contribution in [-0.2, 0) is 16.0 Å². The van der Waals surface area contributed by atoms with E-state index in [1.54, 1.807) is 0 Å². The molecule has 0 aliphatic rings. The second-order valence-electron chi connectivity index (χ2n) is 3.24. The number of phenols is 2. The Morgan fingerprint density at radius 2 is 1.82 bits per heavy atom. The van der Waals surface area contributed by atoms with Gasteiger partial charge in [0.25, 0.3) is 0 Å². The van der Waals surface area contributed by atoms with Crippen LogP contribution in [0, 0.1) is 0 Å². The van der Waals surface area contributed by atoms with E-state index in [1.165, 1.54) is 6.07 Å². The van der Waals surface area contributed by atoms with Crippen molar-refractivity contribution in [2.45, 2.75) is 6.42 Å². The van der Waals surface area contributed by atoms with E-state index < -0.39 is 29.9 Å². The SMILES string of the molecule is O=C(O)C=Cc1ccc(O)c(O)c1CC(=O)O. The Balaban J connectivity index is 3.24. The number of hydrogen-bond donors (Lipinski definition) is 4. The first-order valence-electron chi connectivity index (χ1n) is 4.58. The van der Waals surface area contributed by atoms with Crippen molar-refractivity contribution in [3.8, 4) is 11.5 Å². The van der Waals surface area contributed by atoms with Crippen LogP contribution < -0.4 is 0 Å². The summed E-state index contributed by atoms with van der Waals surface area (Å²) < 4.78 is 0. The second kappa shape index (κ2) is 5.02. The quantitative estimate of drug-likeness (QED) is 0.456. The molecule has 0 aliphatic heterocycles. The molecule has 6 nitrogen and oxygen atoms in total. The summed E-state index contributed by atoms with van der Waals surface area (Å²) in [4.78, 5) is 20.9. The van der Waals surface area contributed by atoms with Crippen molar-refractivity contribution < 1.29 is 30.0 Å². The Hall–Kier alpha value is -2.50. The zero-order valence-electron chi connectivity index (χ0n) is 8.62. The molecule has 17 heavy (non-hydrogen) atoms. The molecule has 0 amide bonds. The third-order valence-corrected chi connectivity index (χ3v) is 2.03. The van der Waals surface area contributed by atoms with Crippen molar-refractivity contribution in [3.63, 3.8) is 0 Å². The minimum Gasteiger partial charge on any atom is -0.504 e. The summed E-state index contributed by atoms with van der Waals surface area (Å²) in [7, 11) is 0. The van der Waals surface area contributed by atoms with Gasteiger partial charge < -0.3 is 20.4 Å². The number of phenolic OH excluding ortho intramolecular Hbond substituents is 2. The van der Waals surface area contributed by atoms with Gasteiger partial charge in [0.05, 0.1) is 6.42 Å². The molecule has 1 aromatic rings. The molecule has 0 radical (unpaired) electrons. The molecule has 6 heteroatoms. The molecule has 4 N–H and O–H groups in total. The fourth-order valence-corrected chi connectivity index (χ4v) is 1.29. The van der Waals surface area contributed by atoms with E-state index in [2.05, 4.69) is 0 Å². The third kappa shape index (κ3) is 3.23. The lowest BCUT2D eigenvalue weighted by atomic mass is 10.0. The first-order valence-corrected chi connectivity index (χ1v) is 4.58. The third-order valence-electron chi connectivity index (χ3n) is 2.03. The number of hydrogen-bond acceptors (Lipinski definition) is 4. The van der Waals surface area contributed by atoms with E-state index in [4.69, 9.17) is 10.2 Å². The van der Waals surface area contributed by atoms with Crippen LogP contribution >= 0.6 is 0 Å². The van der Waals surface area contributed by atoms with Gasteiger partial charge in [-0.3, -0.25) is 4.79 Å². The Morgan fingerprint density at radius 3 is 2.35 bits per heavy atom. The predicted molar refractivity (Wildman–Crippen MR) is 57.8 cm³/mol. The second-order valence-corrected chi connectivity index (χ2v) is 3.24. The van der Waals surface area contributed by atoms with Gasteiger partial charge in [-0.2, -0.15) is 0 Å². The van der Waals surface area contributed by atoms with Gasteiger partial charge in [0, 0.05) is 11.6 Å². The molecule has 0 unspecified atom stereocenters. The number of carboxylic acid groups (broad SMARTS) is 2. The van der Waals surface area contributed by atoms with Gasteiger partial charge in [0.1, 0.15) is 0 Å². The van der Waals surface area contributed by atoms with Gasteiger partial charge in [-0.1, -0.05) is 6.07 Å². The van der Waals surface area contributed by atoms with Crippen molar-refractivity contribution in [2.75, 3.05) is 0 Å². The molecule has 1 aromatic carbocycles. The molecule has 0 bridgehead atoms. The molecule has 0 saturated heterocycles. The standard InChI is InChI=1S/C11H10O6/c12-8-3-1-6(2-4-9(13)14)7(11(8)17)5-10(15)16/h1-4,12,17H,5H2,(H,13,14)(H,15,16). The van der Waals surface area contributed by atoms with Gasteiger partial charge in [0.15, 0.2) is 11.5 Å². The molecular weight excluding hydrogens is 228 g/mol. The van der Waals surface area contributed by atoms with Gasteiger partial charge >= 0.3 is 11.9 Å². The number of carbonyl (C=O) groups is 2. The number of rotatable bonds is 4. The lowest BCUT2D eigenvalue weighted by Crippen LogP contribution is -2.02. The molecule has 0 heterocycles. The van der Waals surface area contributed by atoms with Gasteiger partial charge in [0.2, 0.25) is 0 Å². The van der Waals surface area contributed by atoms with Crippen molar-refractivity contribution in [1.82, 2.24) is 0 Å². The molecule has 90 valence electrons. The summed E-state index contributed by atoms with van der Waals surface area (Å²) in [6.07, 6.45) is 1.45. The molecule has 0 atom stereocenters. The maximum Gasteiger partial charge on any atom is 0.328 e. The van der Waals surface area contributed by atoms with E-state index in [1.807, 2.05) is 0 Å². The first-order chi connectivity index (χ1) is 7.91. The zero-order chi connectivity index (χ0) is 13.0. The lowest BCUT2D eigenvalue weighted by molar-refractivity contribution is -0.136. The summed E-state index contributed by atoms with van der Waals surface area (Å²) in [5.41, 5.74) is 0.195. The van der Waals surface area contributed by atoms with Gasteiger partial charge in [-0.05, 0) is 17.7 Å². The average molecular weight is 238 g/mol. The lowest BCUT2D eigenvalue weighted by Gasteiger charge is -2.07. The van der Waals surface area contributed by atoms with Crippen LogP contribution in [0.5, 0.6) is 11.5 Å². The van der Waals surface area contributed by atoms with Gasteiger partial charge in [-0.25, -0.2) is 4.79 Å². The van der Waals surface area contributed by atoms with Crippen LogP contribution in [0.3, 0.4) is 0 Å². The Morgan fingerprint density at radius 1 is 1.18 bits per heavy atom. The highest BCUT2D eigenvalue weighted by molar-refractivity contribution is 5.86. The number of benzene rings is 1. The highest BCUT2D eigenvalue weighted by Gasteiger charge is 2.13. The van der Waals surface area contributed by atoms with Crippen molar-refractivity contribution in [2.24, 2.45) is 0 Å². The predicted octanol–water partition coefficient (Wildman–Crippen LogP) is 0.823. The van der Waals surface area contributed by atoms with Gasteiger partial charge in [-0.15, -0.1) is 0 Å². The minimum atomic E-state index is -1.20.